The molecule has 1 saturated heterocycles. The number of hydrogen-bond donors (Lipinski definition) is 1. The van der Waals surface area contributed by atoms with Gasteiger partial charge in [-0.3, -0.25) is 19.2 Å². The lowest BCUT2D eigenvalue weighted by molar-refractivity contribution is -0.125. The zero-order valence-electron chi connectivity index (χ0n) is 13.0. The van der Waals surface area contributed by atoms with E-state index in [1.807, 2.05) is 0 Å². The first kappa shape index (κ1) is 17.8. The zero-order valence-corrected chi connectivity index (χ0v) is 15.4. The van der Waals surface area contributed by atoms with Crippen molar-refractivity contribution in [2.75, 3.05) is 10.5 Å². The molecule has 0 saturated carbocycles. The molecule has 0 bridgehead atoms. The number of imidazole rings is 1. The summed E-state index contributed by atoms with van der Waals surface area (Å²) in [5.41, 5.74) is 1.03. The fourth-order valence-corrected chi connectivity index (χ4v) is 4.39. The highest BCUT2D eigenvalue weighted by Crippen LogP contribution is 2.24. The average molecular weight is 401 g/mol. The molecule has 1 fully saturated rings. The first-order chi connectivity index (χ1) is 11.8. The molecule has 8 nitrogen and oxygen atoms in total. The quantitative estimate of drug-likeness (QED) is 0.824. The minimum absolute atomic E-state index is 0.00711. The fraction of sp³-hybridized carbons (Fsp3) is 0.214. The van der Waals surface area contributed by atoms with Gasteiger partial charge in [-0.15, -0.1) is 0 Å². The Labute approximate surface area is 153 Å². The molecule has 2 aromatic rings. The molecule has 11 heteroatoms. The van der Waals surface area contributed by atoms with Gasteiger partial charge in [-0.2, -0.15) is 8.42 Å². The van der Waals surface area contributed by atoms with Crippen molar-refractivity contribution in [3.63, 3.8) is 0 Å². The van der Waals surface area contributed by atoms with Crippen LogP contribution in [0.1, 0.15) is 5.56 Å². The maximum Gasteiger partial charge on any atom is 0.289 e. The Bertz CT molecular complexity index is 924. The number of aryl methyl sites for hydroxylation is 1. The summed E-state index contributed by atoms with van der Waals surface area (Å²) in [7, 11) is -2.33. The minimum atomic E-state index is -3.91. The molecule has 2 amide bonds. The van der Waals surface area contributed by atoms with Gasteiger partial charge in [0.15, 0.2) is 0 Å². The molecule has 132 valence electrons. The molecule has 1 aromatic carbocycles. The number of amides is 2. The molecule has 0 spiro atoms. The van der Waals surface area contributed by atoms with Gasteiger partial charge >= 0.3 is 0 Å². The van der Waals surface area contributed by atoms with Crippen LogP contribution in [0.5, 0.6) is 0 Å². The van der Waals surface area contributed by atoms with E-state index in [0.717, 1.165) is 16.7 Å². The largest absolute Gasteiger partial charge is 0.324 e. The van der Waals surface area contributed by atoms with Crippen molar-refractivity contribution in [2.45, 2.75) is 11.6 Å². The highest BCUT2D eigenvalue weighted by atomic mass is 35.5. The second kappa shape index (κ2) is 6.70. The Hall–Kier alpha value is -2.04. The molecule has 0 radical (unpaired) electrons. The van der Waals surface area contributed by atoms with Gasteiger partial charge in [0, 0.05) is 12.7 Å². The molecule has 1 aliphatic heterocycles. The van der Waals surface area contributed by atoms with Crippen molar-refractivity contribution in [2.24, 2.45) is 7.05 Å². The van der Waals surface area contributed by atoms with Crippen molar-refractivity contribution in [3.05, 3.63) is 41.3 Å². The zero-order chi connectivity index (χ0) is 18.2. The van der Waals surface area contributed by atoms with Crippen LogP contribution in [0.4, 0.5) is 10.5 Å². The van der Waals surface area contributed by atoms with E-state index in [2.05, 4.69) is 9.71 Å². The molecule has 1 aliphatic rings. The maximum atomic E-state index is 12.3. The maximum absolute atomic E-state index is 12.3. The molecule has 0 aliphatic carbocycles. The summed E-state index contributed by atoms with van der Waals surface area (Å²) in [4.78, 5) is 28.1. The Kier molecular flexibility index (Phi) is 4.76. The summed E-state index contributed by atoms with van der Waals surface area (Å²) in [6.45, 7) is 0.157. The predicted molar refractivity (Wildman–Crippen MR) is 93.9 cm³/mol. The normalized spacial score (nSPS) is 15.0. The van der Waals surface area contributed by atoms with E-state index in [4.69, 9.17) is 11.6 Å². The smallest absolute Gasteiger partial charge is 0.289 e. The van der Waals surface area contributed by atoms with Gasteiger partial charge < -0.3 is 4.57 Å². The number of hydrogen-bond acceptors (Lipinski definition) is 6. The number of aromatic nitrogens is 2. The number of carbonyl (C=O) groups is 2. The Morgan fingerprint density at radius 2 is 1.96 bits per heavy atom. The van der Waals surface area contributed by atoms with E-state index in [0.29, 0.717) is 11.3 Å². The number of benzene rings is 1. The van der Waals surface area contributed by atoms with Crippen molar-refractivity contribution in [1.82, 2.24) is 14.5 Å². The van der Waals surface area contributed by atoms with E-state index in [-0.39, 0.29) is 33.6 Å². The molecule has 1 N–H and O–H groups in total. The number of rotatable bonds is 5. The third-order valence-electron chi connectivity index (χ3n) is 3.48. The second-order valence-electron chi connectivity index (χ2n) is 5.29. The van der Waals surface area contributed by atoms with Gasteiger partial charge in [0.05, 0.1) is 18.6 Å². The van der Waals surface area contributed by atoms with Crippen LogP contribution in [0.15, 0.2) is 35.6 Å². The van der Waals surface area contributed by atoms with Gasteiger partial charge in [0.2, 0.25) is 10.9 Å². The summed E-state index contributed by atoms with van der Waals surface area (Å²) in [6, 6.07) is 6.37. The molecule has 1 aromatic heterocycles. The van der Waals surface area contributed by atoms with Gasteiger partial charge in [0.1, 0.15) is 5.15 Å². The van der Waals surface area contributed by atoms with Crippen LogP contribution >= 0.6 is 23.4 Å². The van der Waals surface area contributed by atoms with E-state index >= 15 is 0 Å². The Morgan fingerprint density at radius 1 is 1.28 bits per heavy atom. The predicted octanol–water partition coefficient (Wildman–Crippen LogP) is 2.07. The van der Waals surface area contributed by atoms with Crippen LogP contribution < -0.4 is 4.72 Å². The van der Waals surface area contributed by atoms with Crippen LogP contribution in [-0.2, 0) is 28.4 Å². The Morgan fingerprint density at radius 3 is 2.48 bits per heavy atom. The highest BCUT2D eigenvalue weighted by Gasteiger charge is 2.29. The van der Waals surface area contributed by atoms with Crippen LogP contribution in [-0.4, -0.2) is 39.8 Å². The average Bonchev–Trinajstić information content (AvgIpc) is 3.06. The lowest BCUT2D eigenvalue weighted by atomic mass is 10.2. The monoisotopic (exact) mass is 400 g/mol. The Balaban J connectivity index is 1.73. The van der Waals surface area contributed by atoms with Crippen molar-refractivity contribution >= 4 is 50.2 Å². The fourth-order valence-electron chi connectivity index (χ4n) is 2.17. The summed E-state index contributed by atoms with van der Waals surface area (Å²) in [6.07, 6.45) is 1.31. The van der Waals surface area contributed by atoms with E-state index < -0.39 is 10.0 Å². The molecular formula is C14H13ClN4O4S2. The topological polar surface area (TPSA) is 101 Å². The van der Waals surface area contributed by atoms with Crippen LogP contribution in [0, 0.1) is 0 Å². The number of halogens is 1. The number of sulfonamides is 1. The van der Waals surface area contributed by atoms with Crippen molar-refractivity contribution in [3.8, 4) is 0 Å². The summed E-state index contributed by atoms with van der Waals surface area (Å²) >= 11 is 6.89. The number of nitrogens with one attached hydrogen (secondary N) is 1. The summed E-state index contributed by atoms with van der Waals surface area (Å²) in [5.74, 6) is -0.0776. The number of anilines is 1. The highest BCUT2D eigenvalue weighted by molar-refractivity contribution is 8.14. The SMILES string of the molecule is Cn1cnc(S(=O)(=O)Nc2ccc(CN3C(=O)CSC3=O)cc2)c1Cl. The molecule has 0 unspecified atom stereocenters. The number of carbonyl (C=O) groups excluding carboxylic acids is 2. The van der Waals surface area contributed by atoms with Crippen LogP contribution in [0.3, 0.4) is 0 Å². The summed E-state index contributed by atoms with van der Waals surface area (Å²) < 4.78 is 28.4. The van der Waals surface area contributed by atoms with E-state index in [1.165, 1.54) is 10.9 Å². The minimum Gasteiger partial charge on any atom is -0.324 e. The van der Waals surface area contributed by atoms with Crippen molar-refractivity contribution in [1.29, 1.82) is 0 Å². The number of imide groups is 1. The summed E-state index contributed by atoms with van der Waals surface area (Å²) in [5, 5.41) is -0.529. The standard InChI is InChI=1S/C14H13ClN4O4S2/c1-18-8-16-13(12(18)15)25(22,23)17-10-4-2-9(3-5-10)6-19-11(20)7-24-14(19)21/h2-5,8,17H,6-7H2,1H3. The van der Waals surface area contributed by atoms with Crippen LogP contribution in [0.25, 0.3) is 0 Å². The molecular weight excluding hydrogens is 388 g/mol. The first-order valence-electron chi connectivity index (χ1n) is 7.03. The number of thioether (sulfide) groups is 1. The third kappa shape index (κ3) is 3.65. The lowest BCUT2D eigenvalue weighted by Gasteiger charge is -2.13. The molecule has 25 heavy (non-hydrogen) atoms. The molecule has 3 rings (SSSR count). The lowest BCUT2D eigenvalue weighted by Crippen LogP contribution is -2.27. The van der Waals surface area contributed by atoms with Crippen LogP contribution in [0.2, 0.25) is 5.15 Å². The van der Waals surface area contributed by atoms with Gasteiger partial charge in [-0.25, -0.2) is 4.98 Å². The molecule has 0 atom stereocenters. The third-order valence-corrected chi connectivity index (χ3v) is 6.20. The molecule has 2 heterocycles. The number of nitrogens with zero attached hydrogens (tertiary/aromatic N) is 3. The van der Waals surface area contributed by atoms with Gasteiger partial charge in [-0.1, -0.05) is 35.5 Å². The van der Waals surface area contributed by atoms with Crippen molar-refractivity contribution < 1.29 is 18.0 Å². The second-order valence-corrected chi connectivity index (χ2v) is 8.17. The van der Waals surface area contributed by atoms with E-state index in [9.17, 15) is 18.0 Å². The van der Waals surface area contributed by atoms with Gasteiger partial charge in [-0.05, 0) is 17.7 Å². The first-order valence-corrected chi connectivity index (χ1v) is 9.88. The van der Waals surface area contributed by atoms with E-state index in [1.54, 1.807) is 31.3 Å². The van der Waals surface area contributed by atoms with Gasteiger partial charge in [0.25, 0.3) is 15.3 Å².